The van der Waals surface area contributed by atoms with Gasteiger partial charge in [-0.05, 0) is 97.5 Å². The van der Waals surface area contributed by atoms with E-state index in [1.807, 2.05) is 26.0 Å². The predicted octanol–water partition coefficient (Wildman–Crippen LogP) is 6.88. The largest absolute Gasteiger partial charge is 0.496 e. The number of hydrogen-bond acceptors (Lipinski definition) is 7. The lowest BCUT2D eigenvalue weighted by Gasteiger charge is -2.35. The molecule has 46 heavy (non-hydrogen) atoms. The maximum Gasteiger partial charge on any atom is 0.416 e. The third-order valence-corrected chi connectivity index (χ3v) is 8.39. The van der Waals surface area contributed by atoms with Crippen LogP contribution in [0.1, 0.15) is 66.8 Å². The summed E-state index contributed by atoms with van der Waals surface area (Å²) in [6.45, 7) is 4.82. The van der Waals surface area contributed by atoms with E-state index in [4.69, 9.17) is 4.74 Å². The SMILES string of the molecule is CCN(C[C@H]1CC[C@H](CC(=O)O)CC1)c1cc(OC)c(C)cc1CN(Cc1cc(C(F)(F)F)cc(C(F)(F)F)c1)c1nnn(C)n1. The number of rotatable bonds is 12. The highest BCUT2D eigenvalue weighted by Gasteiger charge is 2.37. The number of aryl methyl sites for hydroxylation is 2. The number of halogens is 6. The quantitative estimate of drug-likeness (QED) is 0.211. The molecule has 4 rings (SSSR count). The van der Waals surface area contributed by atoms with Crippen molar-refractivity contribution in [3.05, 3.63) is 58.1 Å². The van der Waals surface area contributed by atoms with Crippen molar-refractivity contribution in [2.75, 3.05) is 30.0 Å². The number of tetrazole rings is 1. The summed E-state index contributed by atoms with van der Waals surface area (Å²) in [6, 6.07) is 5.29. The van der Waals surface area contributed by atoms with Crippen LogP contribution in [0.3, 0.4) is 0 Å². The zero-order chi connectivity index (χ0) is 33.8. The number of methoxy groups -OCH3 is 1. The van der Waals surface area contributed by atoms with E-state index < -0.39 is 29.4 Å². The molecule has 1 saturated carbocycles. The summed E-state index contributed by atoms with van der Waals surface area (Å²) in [5.41, 5.74) is -0.688. The van der Waals surface area contributed by atoms with Crippen molar-refractivity contribution < 1.29 is 41.0 Å². The number of carboxylic acid groups (broad SMARTS) is 1. The standard InChI is InChI=1S/C31H38F6N6O3/c1-5-42(16-21-8-6-20(7-9-21)13-28(44)45)26-15-27(46-4)19(2)10-23(26)18-43(29-38-40-41(3)39-29)17-22-11-24(30(32,33)34)14-25(12-22)31(35,36)37/h10-12,14-15,20-21H,5-9,13,16-18H2,1-4H3,(H,44,45)/t20-,21-. The van der Waals surface area contributed by atoms with E-state index in [0.717, 1.165) is 47.3 Å². The first-order chi connectivity index (χ1) is 21.6. The summed E-state index contributed by atoms with van der Waals surface area (Å²) in [5.74, 6) is 0.332. The molecule has 1 fully saturated rings. The van der Waals surface area contributed by atoms with Gasteiger partial charge in [-0.25, -0.2) is 0 Å². The number of benzene rings is 2. The average molecular weight is 657 g/mol. The number of carboxylic acids is 1. The maximum atomic E-state index is 13.7. The van der Waals surface area contributed by atoms with Crippen molar-refractivity contribution in [3.8, 4) is 5.75 Å². The van der Waals surface area contributed by atoms with E-state index in [9.17, 15) is 36.2 Å². The highest BCUT2D eigenvalue weighted by molar-refractivity contribution is 5.67. The summed E-state index contributed by atoms with van der Waals surface area (Å²) in [6.07, 6.45) is -6.42. The Morgan fingerprint density at radius 2 is 1.57 bits per heavy atom. The van der Waals surface area contributed by atoms with Gasteiger partial charge in [-0.2, -0.15) is 31.1 Å². The van der Waals surface area contributed by atoms with Gasteiger partial charge < -0.3 is 19.6 Å². The number of alkyl halides is 6. The fourth-order valence-corrected chi connectivity index (χ4v) is 6.09. The van der Waals surface area contributed by atoms with E-state index in [-0.39, 0.29) is 43.0 Å². The number of hydrogen-bond donors (Lipinski definition) is 1. The van der Waals surface area contributed by atoms with Gasteiger partial charge in [0.1, 0.15) is 5.75 Å². The fourth-order valence-electron chi connectivity index (χ4n) is 6.09. The van der Waals surface area contributed by atoms with E-state index in [1.165, 1.54) is 11.9 Å². The molecule has 1 N–H and O–H groups in total. The third-order valence-electron chi connectivity index (χ3n) is 8.39. The van der Waals surface area contributed by atoms with Crippen molar-refractivity contribution in [3.63, 3.8) is 0 Å². The van der Waals surface area contributed by atoms with E-state index in [0.29, 0.717) is 36.9 Å². The van der Waals surface area contributed by atoms with Gasteiger partial charge in [-0.3, -0.25) is 4.79 Å². The zero-order valence-corrected chi connectivity index (χ0v) is 26.1. The van der Waals surface area contributed by atoms with Crippen molar-refractivity contribution in [2.24, 2.45) is 18.9 Å². The van der Waals surface area contributed by atoms with Crippen LogP contribution in [0, 0.1) is 18.8 Å². The molecule has 0 atom stereocenters. The van der Waals surface area contributed by atoms with Crippen LogP contribution < -0.4 is 14.5 Å². The molecule has 0 radical (unpaired) electrons. The van der Waals surface area contributed by atoms with Gasteiger partial charge in [0, 0.05) is 44.4 Å². The van der Waals surface area contributed by atoms with Crippen LogP contribution in [0.15, 0.2) is 30.3 Å². The second kappa shape index (κ2) is 14.2. The predicted molar refractivity (Wildman–Crippen MR) is 158 cm³/mol. The Morgan fingerprint density at radius 1 is 0.957 bits per heavy atom. The molecule has 1 aromatic heterocycles. The van der Waals surface area contributed by atoms with Gasteiger partial charge in [0.2, 0.25) is 0 Å². The number of ether oxygens (including phenoxy) is 1. The lowest BCUT2D eigenvalue weighted by molar-refractivity contribution is -0.143. The molecule has 2 aromatic carbocycles. The molecule has 15 heteroatoms. The van der Waals surface area contributed by atoms with Gasteiger partial charge >= 0.3 is 18.3 Å². The Morgan fingerprint density at radius 3 is 2.07 bits per heavy atom. The van der Waals surface area contributed by atoms with Crippen LogP contribution >= 0.6 is 0 Å². The van der Waals surface area contributed by atoms with Crippen molar-refractivity contribution in [2.45, 2.75) is 71.4 Å². The smallest absolute Gasteiger partial charge is 0.416 e. The first-order valence-electron chi connectivity index (χ1n) is 15.0. The van der Waals surface area contributed by atoms with Gasteiger partial charge in [-0.15, -0.1) is 5.10 Å². The van der Waals surface area contributed by atoms with Gasteiger partial charge in [0.25, 0.3) is 5.95 Å². The first kappa shape index (κ1) is 34.8. The van der Waals surface area contributed by atoms with Gasteiger partial charge in [-0.1, -0.05) is 5.10 Å². The molecule has 0 spiro atoms. The molecular weight excluding hydrogens is 618 g/mol. The zero-order valence-electron chi connectivity index (χ0n) is 26.1. The lowest BCUT2D eigenvalue weighted by atomic mass is 9.80. The first-order valence-corrected chi connectivity index (χ1v) is 15.0. The molecule has 0 bridgehead atoms. The number of nitrogens with zero attached hydrogens (tertiary/aromatic N) is 6. The molecule has 0 aliphatic heterocycles. The molecule has 1 heterocycles. The summed E-state index contributed by atoms with van der Waals surface area (Å²) in [7, 11) is 3.06. The van der Waals surface area contributed by atoms with E-state index in [2.05, 4.69) is 20.3 Å². The van der Waals surface area contributed by atoms with Crippen LogP contribution in [0.25, 0.3) is 0 Å². The van der Waals surface area contributed by atoms with E-state index in [1.54, 1.807) is 7.11 Å². The maximum absolute atomic E-state index is 13.7. The molecule has 1 aliphatic carbocycles. The second-order valence-corrected chi connectivity index (χ2v) is 11.8. The van der Waals surface area contributed by atoms with Crippen LogP contribution in [-0.4, -0.2) is 51.5 Å². The molecule has 0 amide bonds. The highest BCUT2D eigenvalue weighted by atomic mass is 19.4. The van der Waals surface area contributed by atoms with E-state index >= 15 is 0 Å². The summed E-state index contributed by atoms with van der Waals surface area (Å²) in [5, 5.41) is 21.3. The normalized spacial score (nSPS) is 17.2. The molecule has 1 aliphatic rings. The molecule has 252 valence electrons. The Bertz CT molecular complexity index is 1470. The topological polar surface area (TPSA) is 96.6 Å². The summed E-state index contributed by atoms with van der Waals surface area (Å²) >= 11 is 0. The molecular formula is C31H38F6N6O3. The van der Waals surface area contributed by atoms with Crippen LogP contribution in [-0.2, 0) is 37.3 Å². The number of carbonyl (C=O) groups is 1. The minimum atomic E-state index is -4.99. The molecule has 0 saturated heterocycles. The molecule has 3 aromatic rings. The van der Waals surface area contributed by atoms with Crippen LogP contribution in [0.5, 0.6) is 5.75 Å². The Kier molecular flexibility index (Phi) is 10.7. The van der Waals surface area contributed by atoms with Crippen molar-refractivity contribution in [1.82, 2.24) is 20.2 Å². The Balaban J connectivity index is 1.70. The Hall–Kier alpha value is -4.04. The third kappa shape index (κ3) is 8.81. The molecule has 9 nitrogen and oxygen atoms in total. The molecule has 0 unspecified atom stereocenters. The van der Waals surface area contributed by atoms with Gasteiger partial charge in [0.05, 0.1) is 25.3 Å². The summed E-state index contributed by atoms with van der Waals surface area (Å²) in [4.78, 5) is 16.0. The minimum Gasteiger partial charge on any atom is -0.496 e. The summed E-state index contributed by atoms with van der Waals surface area (Å²) < 4.78 is 87.5. The monoisotopic (exact) mass is 656 g/mol. The number of aromatic nitrogens is 4. The van der Waals surface area contributed by atoms with Crippen molar-refractivity contribution >= 4 is 17.6 Å². The minimum absolute atomic E-state index is 0.0349. The fraction of sp³-hybridized carbons (Fsp3) is 0.548. The second-order valence-electron chi connectivity index (χ2n) is 11.8. The van der Waals surface area contributed by atoms with Gasteiger partial charge in [0.15, 0.2) is 0 Å². The number of aliphatic carboxylic acids is 1. The Labute approximate surface area is 263 Å². The highest BCUT2D eigenvalue weighted by Crippen LogP contribution is 2.38. The number of anilines is 2. The lowest BCUT2D eigenvalue weighted by Crippen LogP contribution is -2.33. The van der Waals surface area contributed by atoms with Crippen LogP contribution in [0.2, 0.25) is 0 Å². The average Bonchev–Trinajstić information content (AvgIpc) is 3.41. The van der Waals surface area contributed by atoms with Crippen LogP contribution in [0.4, 0.5) is 38.0 Å². The van der Waals surface area contributed by atoms with Crippen molar-refractivity contribution in [1.29, 1.82) is 0 Å².